The summed E-state index contributed by atoms with van der Waals surface area (Å²) in [7, 11) is 0. The Bertz CT molecular complexity index is 536. The first-order chi connectivity index (χ1) is 10.6. The number of benzene rings is 1. The fraction of sp³-hybridized carbons (Fsp3) is 0.500. The topological polar surface area (TPSA) is 75.4 Å². The van der Waals surface area contributed by atoms with Gasteiger partial charge in [0.15, 0.2) is 0 Å². The van der Waals surface area contributed by atoms with Crippen LogP contribution < -0.4 is 11.1 Å². The molecule has 5 nitrogen and oxygen atoms in total. The number of hydrogen-bond donors (Lipinski definition) is 2. The van der Waals surface area contributed by atoms with E-state index in [2.05, 4.69) is 12.2 Å². The van der Waals surface area contributed by atoms with Crippen LogP contribution in [-0.2, 0) is 9.59 Å². The van der Waals surface area contributed by atoms with Crippen molar-refractivity contribution in [2.75, 3.05) is 30.7 Å². The summed E-state index contributed by atoms with van der Waals surface area (Å²) in [5.41, 5.74) is 6.10. The molecule has 120 valence electrons. The number of amides is 2. The number of carbonyl (C=O) groups excluding carboxylic acids is 2. The van der Waals surface area contributed by atoms with Crippen molar-refractivity contribution in [1.29, 1.82) is 0 Å². The molecule has 1 saturated heterocycles. The molecule has 22 heavy (non-hydrogen) atoms. The van der Waals surface area contributed by atoms with Crippen LogP contribution >= 0.6 is 11.8 Å². The van der Waals surface area contributed by atoms with E-state index in [1.165, 1.54) is 0 Å². The smallest absolute Gasteiger partial charge is 0.231 e. The molecule has 2 rings (SSSR count). The summed E-state index contributed by atoms with van der Waals surface area (Å²) in [5.74, 6) is 0.555. The van der Waals surface area contributed by atoms with Gasteiger partial charge in [-0.25, -0.2) is 0 Å². The van der Waals surface area contributed by atoms with Gasteiger partial charge in [0.1, 0.15) is 0 Å². The summed E-state index contributed by atoms with van der Waals surface area (Å²) in [6, 6.07) is 7.85. The van der Waals surface area contributed by atoms with Crippen LogP contribution in [0.5, 0.6) is 0 Å². The van der Waals surface area contributed by atoms with Gasteiger partial charge in [0.2, 0.25) is 11.8 Å². The number of piperidine rings is 1. The zero-order valence-electron chi connectivity index (χ0n) is 12.9. The molecule has 1 aliphatic rings. The van der Waals surface area contributed by atoms with Gasteiger partial charge >= 0.3 is 0 Å². The maximum absolute atomic E-state index is 12.5. The van der Waals surface area contributed by atoms with E-state index in [-0.39, 0.29) is 24.3 Å². The molecule has 1 atom stereocenters. The van der Waals surface area contributed by atoms with Crippen LogP contribution in [0, 0.1) is 5.92 Å². The van der Waals surface area contributed by atoms with Gasteiger partial charge in [-0.05, 0) is 37.3 Å². The number of carbonyl (C=O) groups is 2. The largest absolute Gasteiger partial charge is 0.369 e. The van der Waals surface area contributed by atoms with Crippen molar-refractivity contribution in [2.45, 2.75) is 24.7 Å². The number of para-hydroxylation sites is 1. The molecule has 1 unspecified atom stereocenters. The minimum absolute atomic E-state index is 0.0262. The predicted molar refractivity (Wildman–Crippen MR) is 89.8 cm³/mol. The van der Waals surface area contributed by atoms with Crippen LogP contribution in [-0.4, -0.2) is 42.1 Å². The average molecular weight is 321 g/mol. The number of anilines is 1. The first-order valence-electron chi connectivity index (χ1n) is 7.63. The number of thioether (sulfide) groups is 1. The quantitative estimate of drug-likeness (QED) is 0.785. The Morgan fingerprint density at radius 2 is 2.18 bits per heavy atom. The molecule has 1 fully saturated rings. The second kappa shape index (κ2) is 8.19. The van der Waals surface area contributed by atoms with Crippen LogP contribution in [0.25, 0.3) is 0 Å². The number of nitrogens with one attached hydrogen (secondary N) is 1. The van der Waals surface area contributed by atoms with Crippen molar-refractivity contribution in [3.05, 3.63) is 24.3 Å². The lowest BCUT2D eigenvalue weighted by molar-refractivity contribution is -0.124. The van der Waals surface area contributed by atoms with Crippen molar-refractivity contribution in [3.63, 3.8) is 0 Å². The third-order valence-electron chi connectivity index (χ3n) is 3.70. The molecule has 2 amide bonds. The van der Waals surface area contributed by atoms with E-state index in [4.69, 9.17) is 5.73 Å². The number of nitrogens with two attached hydrogens (primary N) is 1. The monoisotopic (exact) mass is 321 g/mol. The van der Waals surface area contributed by atoms with E-state index in [1.807, 2.05) is 29.2 Å². The minimum atomic E-state index is -0.342. The second-order valence-electron chi connectivity index (χ2n) is 5.46. The molecule has 1 aliphatic heterocycles. The van der Waals surface area contributed by atoms with E-state index in [0.717, 1.165) is 35.7 Å². The first-order valence-corrected chi connectivity index (χ1v) is 8.62. The van der Waals surface area contributed by atoms with Gasteiger partial charge in [-0.3, -0.25) is 14.5 Å². The minimum Gasteiger partial charge on any atom is -0.369 e. The molecule has 1 aromatic rings. The fourth-order valence-electron chi connectivity index (χ4n) is 2.72. The van der Waals surface area contributed by atoms with Crippen molar-refractivity contribution in [1.82, 2.24) is 4.90 Å². The molecule has 0 aromatic heterocycles. The second-order valence-corrected chi connectivity index (χ2v) is 6.76. The third-order valence-corrected chi connectivity index (χ3v) is 4.66. The van der Waals surface area contributed by atoms with Crippen molar-refractivity contribution in [3.8, 4) is 0 Å². The normalized spacial score (nSPS) is 18.9. The van der Waals surface area contributed by atoms with Gasteiger partial charge in [-0.2, -0.15) is 0 Å². The van der Waals surface area contributed by atoms with Gasteiger partial charge in [-0.1, -0.05) is 19.1 Å². The van der Waals surface area contributed by atoms with E-state index in [1.54, 1.807) is 11.8 Å². The number of nitrogens with zero attached hydrogens (tertiary/aromatic N) is 1. The highest BCUT2D eigenvalue weighted by molar-refractivity contribution is 7.99. The van der Waals surface area contributed by atoms with E-state index >= 15 is 0 Å². The first kappa shape index (κ1) is 16.8. The number of rotatable bonds is 6. The van der Waals surface area contributed by atoms with Crippen molar-refractivity contribution < 1.29 is 9.59 Å². The maximum Gasteiger partial charge on any atom is 0.231 e. The highest BCUT2D eigenvalue weighted by atomic mass is 32.2. The standard InChI is InChI=1S/C16H23N3O2S/c1-2-22-14-8-4-3-7-13(14)18-16(21)12-6-5-9-19(10-12)11-15(17)20/h3-4,7-8,12H,2,5-6,9-11H2,1H3,(H2,17,20)(H,18,21). The Morgan fingerprint density at radius 1 is 1.41 bits per heavy atom. The van der Waals surface area contributed by atoms with E-state index < -0.39 is 0 Å². The molecule has 0 bridgehead atoms. The zero-order chi connectivity index (χ0) is 15.9. The summed E-state index contributed by atoms with van der Waals surface area (Å²) < 4.78 is 0. The molecule has 0 saturated carbocycles. The zero-order valence-corrected chi connectivity index (χ0v) is 13.7. The van der Waals surface area contributed by atoms with Gasteiger partial charge in [-0.15, -0.1) is 11.8 Å². The van der Waals surface area contributed by atoms with Crippen molar-refractivity contribution in [2.24, 2.45) is 11.7 Å². The average Bonchev–Trinajstić information content (AvgIpc) is 2.49. The van der Waals surface area contributed by atoms with Crippen LogP contribution in [0.2, 0.25) is 0 Å². The van der Waals surface area contributed by atoms with Crippen molar-refractivity contribution >= 4 is 29.3 Å². The summed E-state index contributed by atoms with van der Waals surface area (Å²) >= 11 is 1.71. The van der Waals surface area contributed by atoms with Gasteiger partial charge in [0.05, 0.1) is 18.2 Å². The molecule has 0 aliphatic carbocycles. The van der Waals surface area contributed by atoms with Crippen LogP contribution in [0.15, 0.2) is 29.2 Å². The Balaban J connectivity index is 1.98. The third kappa shape index (κ3) is 4.74. The lowest BCUT2D eigenvalue weighted by atomic mass is 9.97. The molecule has 6 heteroatoms. The molecular weight excluding hydrogens is 298 g/mol. The molecule has 3 N–H and O–H groups in total. The molecular formula is C16H23N3O2S. The Labute approximate surface area is 135 Å². The Hall–Kier alpha value is -1.53. The van der Waals surface area contributed by atoms with E-state index in [9.17, 15) is 9.59 Å². The summed E-state index contributed by atoms with van der Waals surface area (Å²) in [5, 5.41) is 3.04. The molecule has 1 heterocycles. The van der Waals surface area contributed by atoms with Crippen LogP contribution in [0.3, 0.4) is 0 Å². The highest BCUT2D eigenvalue weighted by Gasteiger charge is 2.26. The van der Waals surface area contributed by atoms with E-state index in [0.29, 0.717) is 6.54 Å². The lowest BCUT2D eigenvalue weighted by Gasteiger charge is -2.31. The number of likely N-dealkylation sites (tertiary alicyclic amines) is 1. The molecule has 0 spiro atoms. The SMILES string of the molecule is CCSc1ccccc1NC(=O)C1CCCN(CC(N)=O)C1. The van der Waals surface area contributed by atoms with Gasteiger partial charge in [0.25, 0.3) is 0 Å². The van der Waals surface area contributed by atoms with Gasteiger partial charge < -0.3 is 11.1 Å². The highest BCUT2D eigenvalue weighted by Crippen LogP contribution is 2.27. The number of hydrogen-bond acceptors (Lipinski definition) is 4. The van der Waals surface area contributed by atoms with Crippen LogP contribution in [0.1, 0.15) is 19.8 Å². The Morgan fingerprint density at radius 3 is 2.91 bits per heavy atom. The lowest BCUT2D eigenvalue weighted by Crippen LogP contribution is -2.44. The molecule has 0 radical (unpaired) electrons. The fourth-order valence-corrected chi connectivity index (χ4v) is 3.48. The predicted octanol–water partition coefficient (Wildman–Crippen LogP) is 1.93. The summed E-state index contributed by atoms with van der Waals surface area (Å²) in [6.45, 7) is 3.74. The Kier molecular flexibility index (Phi) is 6.27. The summed E-state index contributed by atoms with van der Waals surface area (Å²) in [6.07, 6.45) is 1.76. The number of primary amides is 1. The summed E-state index contributed by atoms with van der Waals surface area (Å²) in [4.78, 5) is 26.6. The van der Waals surface area contributed by atoms with Crippen LogP contribution in [0.4, 0.5) is 5.69 Å². The van der Waals surface area contributed by atoms with Gasteiger partial charge in [0, 0.05) is 11.4 Å². The molecule has 1 aromatic carbocycles. The maximum atomic E-state index is 12.5.